The molecule has 0 saturated carbocycles. The van der Waals surface area contributed by atoms with E-state index in [-0.39, 0.29) is 5.91 Å². The first-order valence-electron chi connectivity index (χ1n) is 9.78. The molecule has 1 amide bonds. The molecular weight excluding hydrogens is 328 g/mol. The fraction of sp³-hybridized carbons (Fsp3) is 0.571. The summed E-state index contributed by atoms with van der Waals surface area (Å²) in [4.78, 5) is 15.0. The van der Waals surface area contributed by atoms with Crippen molar-refractivity contribution >= 4 is 16.9 Å². The molecule has 3 rings (SSSR count). The Morgan fingerprint density at radius 3 is 3.00 bits per heavy atom. The van der Waals surface area contributed by atoms with Gasteiger partial charge in [0.25, 0.3) is 5.91 Å². The smallest absolute Gasteiger partial charge is 0.287 e. The first kappa shape index (κ1) is 18.8. The molecule has 0 spiro atoms. The van der Waals surface area contributed by atoms with Crippen molar-refractivity contribution in [2.24, 2.45) is 0 Å². The second-order valence-electron chi connectivity index (χ2n) is 7.14. The van der Waals surface area contributed by atoms with Gasteiger partial charge >= 0.3 is 0 Å². The quantitative estimate of drug-likeness (QED) is 0.756. The third kappa shape index (κ3) is 4.21. The molecule has 1 aliphatic rings. The van der Waals surface area contributed by atoms with Crippen LogP contribution in [0.2, 0.25) is 0 Å². The van der Waals surface area contributed by atoms with Crippen molar-refractivity contribution in [3.05, 3.63) is 29.5 Å². The van der Waals surface area contributed by atoms with E-state index in [2.05, 4.69) is 17.1 Å². The number of ether oxygens (including phenoxy) is 1. The van der Waals surface area contributed by atoms with Crippen LogP contribution in [-0.4, -0.2) is 43.1 Å². The van der Waals surface area contributed by atoms with E-state index in [9.17, 15) is 4.79 Å². The fourth-order valence-electron chi connectivity index (χ4n) is 3.73. The summed E-state index contributed by atoms with van der Waals surface area (Å²) in [5.41, 5.74) is 1.59. The van der Waals surface area contributed by atoms with E-state index in [4.69, 9.17) is 9.15 Å². The second kappa shape index (κ2) is 8.58. The molecule has 2 heterocycles. The molecule has 1 saturated heterocycles. The molecule has 26 heavy (non-hydrogen) atoms. The largest absolute Gasteiger partial charge is 0.494 e. The lowest BCUT2D eigenvalue weighted by Crippen LogP contribution is -2.39. The van der Waals surface area contributed by atoms with Crippen molar-refractivity contribution in [3.8, 4) is 5.75 Å². The van der Waals surface area contributed by atoms with Crippen molar-refractivity contribution < 1.29 is 13.9 Å². The average Bonchev–Trinajstić information content (AvgIpc) is 2.97. The number of aryl methyl sites for hydroxylation is 1. The minimum Gasteiger partial charge on any atom is -0.494 e. The Morgan fingerprint density at radius 1 is 1.38 bits per heavy atom. The van der Waals surface area contributed by atoms with Crippen molar-refractivity contribution in [2.75, 3.05) is 26.2 Å². The van der Waals surface area contributed by atoms with Gasteiger partial charge < -0.3 is 19.4 Å². The molecule has 0 bridgehead atoms. The lowest BCUT2D eigenvalue weighted by atomic mass is 10.0. The van der Waals surface area contributed by atoms with E-state index >= 15 is 0 Å². The molecule has 5 heteroatoms. The van der Waals surface area contributed by atoms with Gasteiger partial charge in [0.2, 0.25) is 0 Å². The van der Waals surface area contributed by atoms with Crippen molar-refractivity contribution in [1.82, 2.24) is 10.2 Å². The molecule has 1 atom stereocenters. The van der Waals surface area contributed by atoms with Crippen molar-refractivity contribution in [3.63, 3.8) is 0 Å². The number of hydrogen-bond acceptors (Lipinski definition) is 4. The molecular formula is C21H30N2O3. The van der Waals surface area contributed by atoms with Gasteiger partial charge in [-0.25, -0.2) is 0 Å². The number of nitrogens with one attached hydrogen (secondary N) is 1. The Balaban J connectivity index is 1.56. The zero-order chi connectivity index (χ0) is 18.5. The van der Waals surface area contributed by atoms with Gasteiger partial charge in [0.05, 0.1) is 6.61 Å². The molecule has 2 aromatic rings. The molecule has 1 aromatic carbocycles. The summed E-state index contributed by atoms with van der Waals surface area (Å²) in [6, 6.07) is 6.33. The molecule has 1 fully saturated rings. The van der Waals surface area contributed by atoms with Crippen molar-refractivity contribution in [2.45, 2.75) is 52.5 Å². The SMILES string of the molecule is CCOc1ccc2oc(C(=O)NCCCN3CCCC[C@@H]3C)c(C)c2c1. The van der Waals surface area contributed by atoms with E-state index in [1.165, 1.54) is 25.8 Å². The van der Waals surface area contributed by atoms with Gasteiger partial charge in [-0.15, -0.1) is 0 Å². The van der Waals surface area contributed by atoms with Crippen LogP contribution in [0.25, 0.3) is 11.0 Å². The topological polar surface area (TPSA) is 54.7 Å². The average molecular weight is 358 g/mol. The van der Waals surface area contributed by atoms with Crippen LogP contribution in [0.3, 0.4) is 0 Å². The number of fused-ring (bicyclic) bond motifs is 1. The standard InChI is InChI=1S/C21H30N2O3/c1-4-25-17-9-10-19-18(14-17)16(3)20(26-19)21(24)22-11-7-13-23-12-6-5-8-15(23)2/h9-10,14-15H,4-8,11-13H2,1-3H3,(H,22,24)/t15-/m0/s1. The fourth-order valence-corrected chi connectivity index (χ4v) is 3.73. The summed E-state index contributed by atoms with van der Waals surface area (Å²) in [7, 11) is 0. The Hall–Kier alpha value is -2.01. The molecule has 1 aliphatic heterocycles. The number of piperidine rings is 1. The predicted molar refractivity (Wildman–Crippen MR) is 104 cm³/mol. The minimum atomic E-state index is -0.136. The Bertz CT molecular complexity index is 753. The highest BCUT2D eigenvalue weighted by Gasteiger charge is 2.19. The van der Waals surface area contributed by atoms with Gasteiger partial charge in [-0.05, 0) is 64.8 Å². The minimum absolute atomic E-state index is 0.136. The molecule has 0 aliphatic carbocycles. The lowest BCUT2D eigenvalue weighted by Gasteiger charge is -2.33. The van der Waals surface area contributed by atoms with Gasteiger partial charge in [0, 0.05) is 30.1 Å². The third-order valence-corrected chi connectivity index (χ3v) is 5.27. The van der Waals surface area contributed by atoms with Gasteiger partial charge in [-0.1, -0.05) is 6.42 Å². The Morgan fingerprint density at radius 2 is 2.23 bits per heavy atom. The van der Waals surface area contributed by atoms with E-state index in [1.54, 1.807) is 0 Å². The summed E-state index contributed by atoms with van der Waals surface area (Å²) in [5, 5.41) is 3.94. The van der Waals surface area contributed by atoms with Crippen molar-refractivity contribution in [1.29, 1.82) is 0 Å². The molecule has 5 nitrogen and oxygen atoms in total. The highest BCUT2D eigenvalue weighted by molar-refractivity contribution is 5.99. The van der Waals surface area contributed by atoms with Gasteiger partial charge in [0.1, 0.15) is 11.3 Å². The molecule has 142 valence electrons. The highest BCUT2D eigenvalue weighted by Crippen LogP contribution is 2.28. The molecule has 1 aromatic heterocycles. The van der Waals surface area contributed by atoms with Crippen LogP contribution in [-0.2, 0) is 0 Å². The van der Waals surface area contributed by atoms with Crippen LogP contribution in [0.4, 0.5) is 0 Å². The van der Waals surface area contributed by atoms with Gasteiger partial charge in [-0.2, -0.15) is 0 Å². The summed E-state index contributed by atoms with van der Waals surface area (Å²) in [6.45, 7) is 9.68. The van der Waals surface area contributed by atoms with Crippen LogP contribution in [0.1, 0.15) is 55.6 Å². The molecule has 1 N–H and O–H groups in total. The molecule has 0 unspecified atom stereocenters. The Labute approximate surface area is 155 Å². The predicted octanol–water partition coefficient (Wildman–Crippen LogP) is 4.13. The van der Waals surface area contributed by atoms with E-state index in [0.29, 0.717) is 25.0 Å². The normalized spacial score (nSPS) is 18.2. The highest BCUT2D eigenvalue weighted by atomic mass is 16.5. The second-order valence-corrected chi connectivity index (χ2v) is 7.14. The first-order chi connectivity index (χ1) is 12.6. The van der Waals surface area contributed by atoms with Gasteiger partial charge in [0.15, 0.2) is 5.76 Å². The summed E-state index contributed by atoms with van der Waals surface area (Å²) in [6.07, 6.45) is 4.88. The number of nitrogens with zero attached hydrogens (tertiary/aromatic N) is 1. The van der Waals surface area contributed by atoms with Gasteiger partial charge in [-0.3, -0.25) is 4.79 Å². The summed E-state index contributed by atoms with van der Waals surface area (Å²) >= 11 is 0. The number of benzene rings is 1. The number of likely N-dealkylation sites (tertiary alicyclic amines) is 1. The van der Waals surface area contributed by atoms with Crippen LogP contribution >= 0.6 is 0 Å². The van der Waals surface area contributed by atoms with E-state index in [1.807, 2.05) is 32.0 Å². The molecule has 0 radical (unpaired) electrons. The number of hydrogen-bond donors (Lipinski definition) is 1. The number of rotatable bonds is 7. The van der Waals surface area contributed by atoms with Crippen LogP contribution in [0, 0.1) is 6.92 Å². The maximum absolute atomic E-state index is 12.5. The number of carbonyl (C=O) groups excluding carboxylic acids is 1. The van der Waals surface area contributed by atoms with E-state index in [0.717, 1.165) is 35.2 Å². The number of carbonyl (C=O) groups is 1. The number of amides is 1. The monoisotopic (exact) mass is 358 g/mol. The number of furan rings is 1. The maximum Gasteiger partial charge on any atom is 0.287 e. The maximum atomic E-state index is 12.5. The third-order valence-electron chi connectivity index (χ3n) is 5.27. The summed E-state index contributed by atoms with van der Waals surface area (Å²) < 4.78 is 11.3. The first-order valence-corrected chi connectivity index (χ1v) is 9.78. The van der Waals surface area contributed by atoms with Crippen LogP contribution in [0.15, 0.2) is 22.6 Å². The zero-order valence-corrected chi connectivity index (χ0v) is 16.1. The Kier molecular flexibility index (Phi) is 6.20. The summed E-state index contributed by atoms with van der Waals surface area (Å²) in [5.74, 6) is 1.06. The van der Waals surface area contributed by atoms with Crippen LogP contribution < -0.4 is 10.1 Å². The van der Waals surface area contributed by atoms with E-state index < -0.39 is 0 Å². The zero-order valence-electron chi connectivity index (χ0n) is 16.1. The lowest BCUT2D eigenvalue weighted by molar-refractivity contribution is 0.0922. The van der Waals surface area contributed by atoms with Crippen LogP contribution in [0.5, 0.6) is 5.75 Å².